The molecule has 2 heterocycles. The van der Waals surface area contributed by atoms with Crippen molar-refractivity contribution in [2.24, 2.45) is 0 Å². The van der Waals surface area contributed by atoms with Crippen molar-refractivity contribution in [3.8, 4) is 0 Å². The van der Waals surface area contributed by atoms with Crippen LogP contribution in [0.2, 0.25) is 0 Å². The van der Waals surface area contributed by atoms with E-state index in [-0.39, 0.29) is 18.3 Å². The molecule has 5 heteroatoms. The highest BCUT2D eigenvalue weighted by atomic mass is 35.5. The van der Waals surface area contributed by atoms with E-state index in [1.54, 1.807) is 0 Å². The first-order valence-electron chi connectivity index (χ1n) is 7.96. The molecule has 22 heavy (non-hydrogen) atoms. The summed E-state index contributed by atoms with van der Waals surface area (Å²) in [7, 11) is 0. The van der Waals surface area contributed by atoms with Crippen molar-refractivity contribution >= 4 is 18.3 Å². The first-order valence-corrected chi connectivity index (χ1v) is 7.96. The second kappa shape index (κ2) is 7.44. The minimum absolute atomic E-state index is 0. The van der Waals surface area contributed by atoms with E-state index in [1.807, 2.05) is 30.9 Å². The molecular formula is C17H26ClN3O. The van der Waals surface area contributed by atoms with Gasteiger partial charge in [0.2, 0.25) is 0 Å². The third kappa shape index (κ3) is 3.62. The van der Waals surface area contributed by atoms with Crippen LogP contribution in [0.4, 0.5) is 0 Å². The first-order chi connectivity index (χ1) is 10.1. The molecule has 1 aromatic carbocycles. The number of benzene rings is 1. The van der Waals surface area contributed by atoms with Crippen molar-refractivity contribution in [1.29, 1.82) is 0 Å². The fraction of sp³-hybridized carbons (Fsp3) is 0.588. The molecule has 4 nitrogen and oxygen atoms in total. The minimum Gasteiger partial charge on any atom is -0.337 e. The SMILES string of the molecule is Cc1ccc(C)c(C(=O)N2CCC(N3CCNCC3)C2)c1.Cl. The fourth-order valence-corrected chi connectivity index (χ4v) is 3.41. The Bertz CT molecular complexity index is 529. The van der Waals surface area contributed by atoms with Gasteiger partial charge in [0.25, 0.3) is 5.91 Å². The molecule has 2 saturated heterocycles. The van der Waals surface area contributed by atoms with Crippen LogP contribution in [-0.4, -0.2) is 61.0 Å². The van der Waals surface area contributed by atoms with Crippen LogP contribution in [0.5, 0.6) is 0 Å². The lowest BCUT2D eigenvalue weighted by atomic mass is 10.0. The molecule has 0 bridgehead atoms. The Morgan fingerprint density at radius 1 is 1.18 bits per heavy atom. The van der Waals surface area contributed by atoms with E-state index in [4.69, 9.17) is 0 Å². The minimum atomic E-state index is 0. The van der Waals surface area contributed by atoms with E-state index in [0.717, 1.165) is 62.4 Å². The zero-order valence-electron chi connectivity index (χ0n) is 13.5. The van der Waals surface area contributed by atoms with E-state index >= 15 is 0 Å². The Morgan fingerprint density at radius 3 is 2.64 bits per heavy atom. The summed E-state index contributed by atoms with van der Waals surface area (Å²) in [6.45, 7) is 10.2. The first kappa shape index (κ1) is 17.3. The quantitative estimate of drug-likeness (QED) is 0.902. The zero-order chi connectivity index (χ0) is 14.8. The van der Waals surface area contributed by atoms with Crippen molar-refractivity contribution in [3.05, 3.63) is 34.9 Å². The van der Waals surface area contributed by atoms with Crippen LogP contribution in [0.25, 0.3) is 0 Å². The van der Waals surface area contributed by atoms with Crippen LogP contribution in [0.15, 0.2) is 18.2 Å². The van der Waals surface area contributed by atoms with Gasteiger partial charge in [-0.2, -0.15) is 0 Å². The van der Waals surface area contributed by atoms with Crippen molar-refractivity contribution in [3.63, 3.8) is 0 Å². The van der Waals surface area contributed by atoms with E-state index < -0.39 is 0 Å². The molecule has 2 aliphatic rings. The fourth-order valence-electron chi connectivity index (χ4n) is 3.41. The lowest BCUT2D eigenvalue weighted by Crippen LogP contribution is -2.49. The summed E-state index contributed by atoms with van der Waals surface area (Å²) in [5, 5.41) is 3.39. The summed E-state index contributed by atoms with van der Waals surface area (Å²) in [5.41, 5.74) is 3.11. The van der Waals surface area contributed by atoms with Gasteiger partial charge in [-0.25, -0.2) is 0 Å². The molecule has 0 radical (unpaired) electrons. The largest absolute Gasteiger partial charge is 0.337 e. The Balaban J connectivity index is 0.00000176. The van der Waals surface area contributed by atoms with E-state index in [0.29, 0.717) is 6.04 Å². The van der Waals surface area contributed by atoms with Gasteiger partial charge in [-0.1, -0.05) is 17.7 Å². The number of hydrogen-bond acceptors (Lipinski definition) is 3. The average Bonchev–Trinajstić information content (AvgIpc) is 3.00. The number of piperazine rings is 1. The molecule has 0 aliphatic carbocycles. The molecule has 0 spiro atoms. The number of rotatable bonds is 2. The number of carbonyl (C=O) groups is 1. The molecule has 1 amide bonds. The number of likely N-dealkylation sites (tertiary alicyclic amines) is 1. The smallest absolute Gasteiger partial charge is 0.254 e. The topological polar surface area (TPSA) is 35.6 Å². The number of amides is 1. The monoisotopic (exact) mass is 323 g/mol. The van der Waals surface area contributed by atoms with Gasteiger partial charge in [-0.15, -0.1) is 12.4 Å². The number of halogens is 1. The molecule has 122 valence electrons. The predicted molar refractivity (Wildman–Crippen MR) is 91.9 cm³/mol. The summed E-state index contributed by atoms with van der Waals surface area (Å²) in [6.07, 6.45) is 1.11. The summed E-state index contributed by atoms with van der Waals surface area (Å²) >= 11 is 0. The summed E-state index contributed by atoms with van der Waals surface area (Å²) in [6, 6.07) is 6.68. The molecule has 1 atom stereocenters. The maximum absolute atomic E-state index is 12.7. The summed E-state index contributed by atoms with van der Waals surface area (Å²) < 4.78 is 0. The second-order valence-electron chi connectivity index (χ2n) is 6.30. The summed E-state index contributed by atoms with van der Waals surface area (Å²) in [4.78, 5) is 17.3. The second-order valence-corrected chi connectivity index (χ2v) is 6.30. The third-order valence-corrected chi connectivity index (χ3v) is 4.74. The average molecular weight is 324 g/mol. The van der Waals surface area contributed by atoms with Crippen LogP contribution >= 0.6 is 12.4 Å². The molecule has 2 aliphatic heterocycles. The van der Waals surface area contributed by atoms with Crippen LogP contribution in [0.3, 0.4) is 0 Å². The molecule has 0 saturated carbocycles. The van der Waals surface area contributed by atoms with Gasteiger partial charge in [0.15, 0.2) is 0 Å². The highest BCUT2D eigenvalue weighted by molar-refractivity contribution is 5.96. The van der Waals surface area contributed by atoms with Gasteiger partial charge in [0, 0.05) is 50.9 Å². The molecule has 1 N–H and O–H groups in total. The lowest BCUT2D eigenvalue weighted by molar-refractivity contribution is 0.0772. The lowest BCUT2D eigenvalue weighted by Gasteiger charge is -2.32. The Kier molecular flexibility index (Phi) is 5.84. The van der Waals surface area contributed by atoms with Gasteiger partial charge < -0.3 is 10.2 Å². The van der Waals surface area contributed by atoms with E-state index in [2.05, 4.69) is 16.3 Å². The van der Waals surface area contributed by atoms with Gasteiger partial charge in [-0.05, 0) is 31.9 Å². The highest BCUT2D eigenvalue weighted by Crippen LogP contribution is 2.20. The van der Waals surface area contributed by atoms with Crippen LogP contribution in [0.1, 0.15) is 27.9 Å². The number of aryl methyl sites for hydroxylation is 2. The molecule has 1 unspecified atom stereocenters. The highest BCUT2D eigenvalue weighted by Gasteiger charge is 2.31. The number of hydrogen-bond donors (Lipinski definition) is 1. The standard InChI is InChI=1S/C17H25N3O.ClH/c1-13-3-4-14(2)16(11-13)17(21)20-8-5-15(12-20)19-9-6-18-7-10-19;/h3-4,11,15,18H,5-10,12H2,1-2H3;1H. The number of carbonyl (C=O) groups excluding carboxylic acids is 1. The van der Waals surface area contributed by atoms with Gasteiger partial charge in [-0.3, -0.25) is 9.69 Å². The normalized spacial score (nSPS) is 22.5. The van der Waals surface area contributed by atoms with E-state index in [1.165, 1.54) is 0 Å². The van der Waals surface area contributed by atoms with Gasteiger partial charge in [0.05, 0.1) is 0 Å². The molecular weight excluding hydrogens is 298 g/mol. The Morgan fingerprint density at radius 2 is 1.91 bits per heavy atom. The molecule has 2 fully saturated rings. The van der Waals surface area contributed by atoms with Crippen molar-refractivity contribution in [2.45, 2.75) is 26.3 Å². The number of nitrogens with one attached hydrogen (secondary N) is 1. The zero-order valence-corrected chi connectivity index (χ0v) is 14.3. The maximum Gasteiger partial charge on any atom is 0.254 e. The number of nitrogens with zero attached hydrogens (tertiary/aromatic N) is 2. The van der Waals surface area contributed by atoms with Crippen LogP contribution < -0.4 is 5.32 Å². The van der Waals surface area contributed by atoms with Gasteiger partial charge in [0.1, 0.15) is 0 Å². The molecule has 0 aromatic heterocycles. The van der Waals surface area contributed by atoms with Crippen molar-refractivity contribution < 1.29 is 4.79 Å². The van der Waals surface area contributed by atoms with Crippen LogP contribution in [0, 0.1) is 13.8 Å². The van der Waals surface area contributed by atoms with Crippen molar-refractivity contribution in [2.75, 3.05) is 39.3 Å². The molecule has 3 rings (SSSR count). The summed E-state index contributed by atoms with van der Waals surface area (Å²) in [5.74, 6) is 0.203. The Labute approximate surface area is 139 Å². The van der Waals surface area contributed by atoms with Crippen LogP contribution in [-0.2, 0) is 0 Å². The van der Waals surface area contributed by atoms with E-state index in [9.17, 15) is 4.79 Å². The predicted octanol–water partition coefficient (Wildman–Crippen LogP) is 1.84. The third-order valence-electron chi connectivity index (χ3n) is 4.74. The Hall–Kier alpha value is -1.10. The molecule has 1 aromatic rings. The maximum atomic E-state index is 12.7. The van der Waals surface area contributed by atoms with Crippen molar-refractivity contribution in [1.82, 2.24) is 15.1 Å². The van der Waals surface area contributed by atoms with Gasteiger partial charge >= 0.3 is 0 Å².